The third kappa shape index (κ3) is 5.01. The summed E-state index contributed by atoms with van der Waals surface area (Å²) in [6.07, 6.45) is 2.24. The molecule has 0 saturated heterocycles. The molecule has 6 heteroatoms. The molecule has 0 aliphatic carbocycles. The Morgan fingerprint density at radius 1 is 1.32 bits per heavy atom. The van der Waals surface area contributed by atoms with Gasteiger partial charge < -0.3 is 14.6 Å². The number of unbranched alkanes of at least 4 members (excludes halogenated alkanes) is 1. The van der Waals surface area contributed by atoms with Gasteiger partial charge in [0, 0.05) is 17.9 Å². The molecule has 2 aromatic rings. The van der Waals surface area contributed by atoms with Gasteiger partial charge in [0.15, 0.2) is 5.16 Å². The molecule has 2 rings (SSSR count). The molecule has 25 heavy (non-hydrogen) atoms. The van der Waals surface area contributed by atoms with Gasteiger partial charge in [-0.2, -0.15) is 0 Å². The van der Waals surface area contributed by atoms with E-state index in [1.54, 1.807) is 7.11 Å². The normalized spacial score (nSPS) is 12.0. The maximum absolute atomic E-state index is 12.5. The number of anilines is 1. The summed E-state index contributed by atoms with van der Waals surface area (Å²) in [7, 11) is 1.62. The summed E-state index contributed by atoms with van der Waals surface area (Å²) in [4.78, 5) is 17.1. The molecule has 0 radical (unpaired) electrons. The minimum Gasteiger partial charge on any atom is -0.497 e. The van der Waals surface area contributed by atoms with Crippen molar-refractivity contribution >= 4 is 23.4 Å². The second kappa shape index (κ2) is 8.94. The molecule has 1 aromatic carbocycles. The molecule has 0 aliphatic heterocycles. The Kier molecular flexibility index (Phi) is 6.93. The summed E-state index contributed by atoms with van der Waals surface area (Å²) in [6, 6.07) is 7.34. The third-order valence-corrected chi connectivity index (χ3v) is 5.26. The average molecular weight is 362 g/mol. The van der Waals surface area contributed by atoms with E-state index in [9.17, 15) is 4.79 Å². The highest BCUT2D eigenvalue weighted by Gasteiger charge is 2.19. The molecule has 1 amide bonds. The zero-order chi connectivity index (χ0) is 18.4. The molecule has 5 nitrogen and oxygen atoms in total. The molecule has 136 valence electrons. The maximum atomic E-state index is 12.5. The summed E-state index contributed by atoms with van der Waals surface area (Å²) in [5.41, 5.74) is 2.97. The summed E-state index contributed by atoms with van der Waals surface area (Å²) < 4.78 is 7.35. The molecular weight excluding hydrogens is 334 g/mol. The summed E-state index contributed by atoms with van der Waals surface area (Å²) in [6.45, 7) is 9.14. The molecule has 0 spiro atoms. The Balaban J connectivity index is 2.04. The number of hydrogen-bond donors (Lipinski definition) is 1. The van der Waals surface area contributed by atoms with Gasteiger partial charge in [-0.15, -0.1) is 0 Å². The highest BCUT2D eigenvalue weighted by Crippen LogP contribution is 2.26. The van der Waals surface area contributed by atoms with Crippen LogP contribution < -0.4 is 10.1 Å². The number of hydrogen-bond acceptors (Lipinski definition) is 4. The van der Waals surface area contributed by atoms with Crippen molar-refractivity contribution in [2.75, 3.05) is 12.4 Å². The third-order valence-electron chi connectivity index (χ3n) is 4.17. The molecule has 1 N–H and O–H groups in total. The van der Waals surface area contributed by atoms with Crippen LogP contribution in [0.3, 0.4) is 0 Å². The van der Waals surface area contributed by atoms with Crippen LogP contribution in [0.4, 0.5) is 5.69 Å². The molecule has 1 atom stereocenters. The largest absolute Gasteiger partial charge is 0.497 e. The number of methoxy groups -OCH3 is 1. The number of carbonyl (C=O) groups is 1. The van der Waals surface area contributed by atoms with E-state index in [1.807, 2.05) is 38.1 Å². The number of nitrogens with zero attached hydrogens (tertiary/aromatic N) is 2. The van der Waals surface area contributed by atoms with Crippen molar-refractivity contribution in [1.82, 2.24) is 9.55 Å². The lowest BCUT2D eigenvalue weighted by atomic mass is 10.3. The quantitative estimate of drug-likeness (QED) is 0.707. The molecular formula is C19H27N3O2S. The van der Waals surface area contributed by atoms with Crippen LogP contribution in [0.25, 0.3) is 0 Å². The first-order valence-corrected chi connectivity index (χ1v) is 9.49. The van der Waals surface area contributed by atoms with E-state index in [-0.39, 0.29) is 11.2 Å². The van der Waals surface area contributed by atoms with Crippen LogP contribution in [-0.4, -0.2) is 27.8 Å². The van der Waals surface area contributed by atoms with Gasteiger partial charge in [0.05, 0.1) is 18.1 Å². The Morgan fingerprint density at radius 3 is 2.60 bits per heavy atom. The lowest BCUT2D eigenvalue weighted by molar-refractivity contribution is -0.115. The zero-order valence-electron chi connectivity index (χ0n) is 15.6. The SMILES string of the molecule is CCCCn1c(SC(C)C(=O)Nc2ccc(OC)cc2)nc(C)c1C. The Morgan fingerprint density at radius 2 is 2.00 bits per heavy atom. The number of amides is 1. The summed E-state index contributed by atoms with van der Waals surface area (Å²) >= 11 is 1.51. The van der Waals surface area contributed by atoms with Crippen molar-refractivity contribution in [3.05, 3.63) is 35.7 Å². The lowest BCUT2D eigenvalue weighted by Gasteiger charge is -2.14. The fraction of sp³-hybridized carbons (Fsp3) is 0.474. The number of aryl methyl sites for hydroxylation is 1. The van der Waals surface area contributed by atoms with E-state index in [4.69, 9.17) is 4.74 Å². The van der Waals surface area contributed by atoms with Crippen LogP contribution in [0.1, 0.15) is 38.1 Å². The van der Waals surface area contributed by atoms with Gasteiger partial charge in [-0.1, -0.05) is 25.1 Å². The van der Waals surface area contributed by atoms with Crippen LogP contribution in [0.5, 0.6) is 5.75 Å². The average Bonchev–Trinajstić information content (AvgIpc) is 2.87. The Bertz CT molecular complexity index is 710. The van der Waals surface area contributed by atoms with E-state index in [1.165, 1.54) is 17.5 Å². The Hall–Kier alpha value is -1.95. The maximum Gasteiger partial charge on any atom is 0.237 e. The number of aromatic nitrogens is 2. The topological polar surface area (TPSA) is 56.2 Å². The predicted octanol–water partition coefficient (Wildman–Crippen LogP) is 4.43. The Labute approximate surface area is 154 Å². The number of imidazole rings is 1. The van der Waals surface area contributed by atoms with Gasteiger partial charge in [0.2, 0.25) is 5.91 Å². The first-order chi connectivity index (χ1) is 12.0. The van der Waals surface area contributed by atoms with Gasteiger partial charge in [0.25, 0.3) is 0 Å². The minimum atomic E-state index is -0.233. The fourth-order valence-electron chi connectivity index (χ4n) is 2.42. The van der Waals surface area contributed by atoms with Gasteiger partial charge in [-0.3, -0.25) is 4.79 Å². The van der Waals surface area contributed by atoms with E-state index >= 15 is 0 Å². The first-order valence-electron chi connectivity index (χ1n) is 8.61. The summed E-state index contributed by atoms with van der Waals surface area (Å²) in [5.74, 6) is 0.736. The van der Waals surface area contributed by atoms with Crippen molar-refractivity contribution in [3.8, 4) is 5.75 Å². The number of benzene rings is 1. The van der Waals surface area contributed by atoms with Crippen molar-refractivity contribution < 1.29 is 9.53 Å². The van der Waals surface area contributed by atoms with E-state index in [0.717, 1.165) is 41.7 Å². The van der Waals surface area contributed by atoms with E-state index in [0.29, 0.717) is 0 Å². The van der Waals surface area contributed by atoms with Crippen molar-refractivity contribution in [1.29, 1.82) is 0 Å². The first kappa shape index (κ1) is 19.4. The van der Waals surface area contributed by atoms with Crippen LogP contribution in [0.2, 0.25) is 0 Å². The predicted molar refractivity (Wildman–Crippen MR) is 104 cm³/mol. The molecule has 0 fully saturated rings. The van der Waals surface area contributed by atoms with Gasteiger partial charge >= 0.3 is 0 Å². The number of ether oxygens (including phenoxy) is 1. The van der Waals surface area contributed by atoms with Crippen molar-refractivity contribution in [2.45, 2.75) is 57.5 Å². The second-order valence-electron chi connectivity index (χ2n) is 6.05. The molecule has 0 aliphatic rings. The molecule has 1 unspecified atom stereocenters. The standard InChI is InChI=1S/C19H27N3O2S/c1-6-7-12-22-14(3)13(2)20-19(22)25-15(4)18(23)21-16-8-10-17(24-5)11-9-16/h8-11,15H,6-7,12H2,1-5H3,(H,21,23). The highest BCUT2D eigenvalue weighted by molar-refractivity contribution is 8.00. The number of carbonyl (C=O) groups excluding carboxylic acids is 1. The van der Waals surface area contributed by atoms with Crippen LogP contribution in [-0.2, 0) is 11.3 Å². The highest BCUT2D eigenvalue weighted by atomic mass is 32.2. The molecule has 1 aromatic heterocycles. The zero-order valence-corrected chi connectivity index (χ0v) is 16.4. The van der Waals surface area contributed by atoms with Crippen LogP contribution in [0, 0.1) is 13.8 Å². The second-order valence-corrected chi connectivity index (χ2v) is 7.36. The monoisotopic (exact) mass is 361 g/mol. The minimum absolute atomic E-state index is 0.0319. The molecule has 1 heterocycles. The van der Waals surface area contributed by atoms with Crippen LogP contribution in [0.15, 0.2) is 29.4 Å². The van der Waals surface area contributed by atoms with Gasteiger partial charge in [0.1, 0.15) is 5.75 Å². The van der Waals surface area contributed by atoms with E-state index in [2.05, 4.69) is 28.7 Å². The lowest BCUT2D eigenvalue weighted by Crippen LogP contribution is -2.23. The molecule has 0 saturated carbocycles. The smallest absolute Gasteiger partial charge is 0.237 e. The van der Waals surface area contributed by atoms with E-state index < -0.39 is 0 Å². The van der Waals surface area contributed by atoms with Gasteiger partial charge in [-0.25, -0.2) is 4.98 Å². The molecule has 0 bridgehead atoms. The van der Waals surface area contributed by atoms with Crippen molar-refractivity contribution in [3.63, 3.8) is 0 Å². The fourth-order valence-corrected chi connectivity index (χ4v) is 3.45. The summed E-state index contributed by atoms with van der Waals surface area (Å²) in [5, 5.41) is 3.63. The van der Waals surface area contributed by atoms with Gasteiger partial charge in [-0.05, 0) is 51.5 Å². The van der Waals surface area contributed by atoms with Crippen LogP contribution >= 0.6 is 11.8 Å². The number of nitrogens with one attached hydrogen (secondary N) is 1. The number of thioether (sulfide) groups is 1. The van der Waals surface area contributed by atoms with Crippen molar-refractivity contribution in [2.24, 2.45) is 0 Å². The number of rotatable bonds is 8.